The molecular weight excluding hydrogens is 294 g/mol. The molecule has 0 radical (unpaired) electrons. The van der Waals surface area contributed by atoms with Crippen LogP contribution in [-0.4, -0.2) is 56.9 Å². The normalized spacial score (nSPS) is 18.9. The Kier molecular flexibility index (Phi) is 6.86. The van der Waals surface area contributed by atoms with Crippen molar-refractivity contribution in [2.45, 2.75) is 26.4 Å². The molecule has 1 aromatic carbocycles. The van der Waals surface area contributed by atoms with Gasteiger partial charge >= 0.3 is 5.97 Å². The van der Waals surface area contributed by atoms with Gasteiger partial charge in [-0.05, 0) is 23.6 Å². The van der Waals surface area contributed by atoms with Crippen molar-refractivity contribution >= 4 is 5.97 Å². The van der Waals surface area contributed by atoms with Gasteiger partial charge < -0.3 is 14.2 Å². The van der Waals surface area contributed by atoms with Gasteiger partial charge in [0.05, 0.1) is 20.1 Å². The van der Waals surface area contributed by atoms with Gasteiger partial charge in [-0.1, -0.05) is 26.0 Å². The van der Waals surface area contributed by atoms with Crippen LogP contribution in [0.15, 0.2) is 24.3 Å². The molecule has 23 heavy (non-hydrogen) atoms. The molecule has 5 heteroatoms. The highest BCUT2D eigenvalue weighted by Crippen LogP contribution is 2.13. The molecule has 1 unspecified atom stereocenters. The van der Waals surface area contributed by atoms with Gasteiger partial charge in [0.25, 0.3) is 0 Å². The maximum absolute atomic E-state index is 11.9. The number of nitrogens with zero attached hydrogens (tertiary/aromatic N) is 1. The van der Waals surface area contributed by atoms with Crippen LogP contribution in [0.5, 0.6) is 5.75 Å². The number of methoxy groups -OCH3 is 1. The monoisotopic (exact) mass is 321 g/mol. The maximum Gasteiger partial charge on any atom is 0.310 e. The summed E-state index contributed by atoms with van der Waals surface area (Å²) in [6.07, 6.45) is 0.245. The number of esters is 1. The lowest BCUT2D eigenvalue weighted by Crippen LogP contribution is -2.45. The first-order valence-corrected chi connectivity index (χ1v) is 8.19. The summed E-state index contributed by atoms with van der Waals surface area (Å²) in [6.45, 7) is 8.28. The lowest BCUT2D eigenvalue weighted by Gasteiger charge is -2.33. The van der Waals surface area contributed by atoms with Crippen molar-refractivity contribution in [3.63, 3.8) is 0 Å². The zero-order chi connectivity index (χ0) is 16.7. The van der Waals surface area contributed by atoms with E-state index in [4.69, 9.17) is 14.2 Å². The molecular formula is C18H27NO4. The average molecular weight is 321 g/mol. The Morgan fingerprint density at radius 3 is 2.74 bits per heavy atom. The number of ether oxygens (including phenoxy) is 3. The molecule has 5 nitrogen and oxygen atoms in total. The summed E-state index contributed by atoms with van der Waals surface area (Å²) in [7, 11) is 1.62. The molecule has 0 saturated carbocycles. The van der Waals surface area contributed by atoms with Crippen molar-refractivity contribution in [2.75, 3.05) is 40.0 Å². The van der Waals surface area contributed by atoms with E-state index >= 15 is 0 Å². The van der Waals surface area contributed by atoms with E-state index in [1.54, 1.807) is 7.11 Å². The van der Waals surface area contributed by atoms with Crippen LogP contribution >= 0.6 is 0 Å². The number of carbonyl (C=O) groups excluding carboxylic acids is 1. The maximum atomic E-state index is 11.9. The van der Waals surface area contributed by atoms with E-state index in [1.165, 1.54) is 0 Å². The first kappa shape index (κ1) is 17.8. The molecule has 1 aliphatic rings. The Hall–Kier alpha value is -1.59. The summed E-state index contributed by atoms with van der Waals surface area (Å²) < 4.78 is 16.2. The third-order valence-corrected chi connectivity index (χ3v) is 3.78. The van der Waals surface area contributed by atoms with E-state index < -0.39 is 0 Å². The van der Waals surface area contributed by atoms with Gasteiger partial charge in [-0.3, -0.25) is 9.69 Å². The van der Waals surface area contributed by atoms with Gasteiger partial charge in [-0.25, -0.2) is 0 Å². The second kappa shape index (κ2) is 8.89. The van der Waals surface area contributed by atoms with E-state index in [9.17, 15) is 4.79 Å². The van der Waals surface area contributed by atoms with Gasteiger partial charge in [0.15, 0.2) is 0 Å². The average Bonchev–Trinajstić information content (AvgIpc) is 2.53. The molecule has 0 bridgehead atoms. The van der Waals surface area contributed by atoms with Gasteiger partial charge in [0.1, 0.15) is 18.5 Å². The van der Waals surface area contributed by atoms with Crippen LogP contribution in [0, 0.1) is 5.92 Å². The Labute approximate surface area is 138 Å². The standard InChI is InChI=1S/C18H27NO4/c1-14(2)11-19-8-9-22-17(12-19)13-23-18(20)10-15-4-6-16(21-3)7-5-15/h4-7,14,17H,8-13H2,1-3H3. The molecule has 2 rings (SSSR count). The zero-order valence-corrected chi connectivity index (χ0v) is 14.3. The van der Waals surface area contributed by atoms with Gasteiger partial charge in [0.2, 0.25) is 0 Å². The van der Waals surface area contributed by atoms with Crippen LogP contribution in [-0.2, 0) is 20.7 Å². The number of rotatable bonds is 7. The molecule has 0 aliphatic carbocycles. The molecule has 1 heterocycles. The lowest BCUT2D eigenvalue weighted by atomic mass is 10.1. The molecule has 1 aliphatic heterocycles. The molecule has 1 saturated heterocycles. The molecule has 1 atom stereocenters. The predicted octanol–water partition coefficient (Wildman–Crippen LogP) is 2.14. The minimum Gasteiger partial charge on any atom is -0.497 e. The van der Waals surface area contributed by atoms with Crippen molar-refractivity contribution in [1.29, 1.82) is 0 Å². The summed E-state index contributed by atoms with van der Waals surface area (Å²) in [6, 6.07) is 7.44. The van der Waals surface area contributed by atoms with Gasteiger partial charge in [-0.2, -0.15) is 0 Å². The number of hydrogen-bond acceptors (Lipinski definition) is 5. The summed E-state index contributed by atoms with van der Waals surface area (Å²) in [5.74, 6) is 1.19. The van der Waals surface area contributed by atoms with E-state index in [0.29, 0.717) is 19.1 Å². The van der Waals surface area contributed by atoms with E-state index in [-0.39, 0.29) is 18.5 Å². The van der Waals surface area contributed by atoms with E-state index in [1.807, 2.05) is 24.3 Å². The van der Waals surface area contributed by atoms with Gasteiger partial charge in [-0.15, -0.1) is 0 Å². The number of carbonyl (C=O) groups is 1. The Balaban J connectivity index is 1.72. The molecule has 0 amide bonds. The van der Waals surface area contributed by atoms with Crippen LogP contribution in [0.25, 0.3) is 0 Å². The Bertz CT molecular complexity index is 486. The van der Waals surface area contributed by atoms with Gasteiger partial charge in [0, 0.05) is 19.6 Å². The fraction of sp³-hybridized carbons (Fsp3) is 0.611. The molecule has 0 aromatic heterocycles. The van der Waals surface area contributed by atoms with Crippen molar-refractivity contribution in [3.05, 3.63) is 29.8 Å². The first-order valence-electron chi connectivity index (χ1n) is 8.19. The largest absolute Gasteiger partial charge is 0.497 e. The quantitative estimate of drug-likeness (QED) is 0.720. The fourth-order valence-electron chi connectivity index (χ4n) is 2.71. The molecule has 1 fully saturated rings. The van der Waals surface area contributed by atoms with Crippen molar-refractivity contribution in [3.8, 4) is 5.75 Å². The summed E-state index contributed by atoms with van der Waals surface area (Å²) >= 11 is 0. The highest BCUT2D eigenvalue weighted by atomic mass is 16.6. The van der Waals surface area contributed by atoms with Crippen LogP contribution in [0.3, 0.4) is 0 Å². The third-order valence-electron chi connectivity index (χ3n) is 3.78. The highest BCUT2D eigenvalue weighted by Gasteiger charge is 2.22. The zero-order valence-electron chi connectivity index (χ0n) is 14.3. The minimum atomic E-state index is -0.222. The smallest absolute Gasteiger partial charge is 0.310 e. The number of morpholine rings is 1. The Morgan fingerprint density at radius 1 is 1.35 bits per heavy atom. The SMILES string of the molecule is COc1ccc(CC(=O)OCC2CN(CC(C)C)CCO2)cc1. The number of hydrogen-bond donors (Lipinski definition) is 0. The minimum absolute atomic E-state index is 0.0256. The van der Waals surface area contributed by atoms with Crippen molar-refractivity contribution in [1.82, 2.24) is 4.90 Å². The van der Waals surface area contributed by atoms with Crippen LogP contribution in [0.1, 0.15) is 19.4 Å². The van der Waals surface area contributed by atoms with Crippen LogP contribution in [0.4, 0.5) is 0 Å². The highest BCUT2D eigenvalue weighted by molar-refractivity contribution is 5.72. The fourth-order valence-corrected chi connectivity index (χ4v) is 2.71. The second-order valence-electron chi connectivity index (χ2n) is 6.35. The van der Waals surface area contributed by atoms with E-state index in [0.717, 1.165) is 30.9 Å². The summed E-state index contributed by atoms with van der Waals surface area (Å²) in [4.78, 5) is 14.3. The van der Waals surface area contributed by atoms with Crippen molar-refractivity contribution < 1.29 is 19.0 Å². The van der Waals surface area contributed by atoms with E-state index in [2.05, 4.69) is 18.7 Å². The second-order valence-corrected chi connectivity index (χ2v) is 6.35. The third kappa shape index (κ3) is 6.20. The van der Waals surface area contributed by atoms with Crippen LogP contribution < -0.4 is 4.74 Å². The summed E-state index contributed by atoms with van der Waals surface area (Å²) in [5.41, 5.74) is 0.918. The lowest BCUT2D eigenvalue weighted by molar-refractivity contribution is -0.149. The topological polar surface area (TPSA) is 48.0 Å². The summed E-state index contributed by atoms with van der Waals surface area (Å²) in [5, 5.41) is 0. The molecule has 0 spiro atoms. The molecule has 128 valence electrons. The Morgan fingerprint density at radius 2 is 2.09 bits per heavy atom. The molecule has 1 aromatic rings. The number of benzene rings is 1. The van der Waals surface area contributed by atoms with Crippen LogP contribution in [0.2, 0.25) is 0 Å². The molecule has 0 N–H and O–H groups in total. The van der Waals surface area contributed by atoms with Crippen molar-refractivity contribution in [2.24, 2.45) is 5.92 Å². The first-order chi connectivity index (χ1) is 11.1. The predicted molar refractivity (Wildman–Crippen MR) is 88.7 cm³/mol.